The van der Waals surface area contributed by atoms with E-state index in [0.717, 1.165) is 0 Å². The minimum Gasteiger partial charge on any atom is -0.378 e. The van der Waals surface area contributed by atoms with E-state index in [9.17, 15) is 13.2 Å². The predicted octanol–water partition coefficient (Wildman–Crippen LogP) is 1.96. The van der Waals surface area contributed by atoms with E-state index in [1.54, 1.807) is 47.4 Å². The van der Waals surface area contributed by atoms with Crippen LogP contribution in [0, 0.1) is 0 Å². The van der Waals surface area contributed by atoms with Crippen LogP contribution in [-0.4, -0.2) is 45.5 Å². The molecule has 0 saturated carbocycles. The van der Waals surface area contributed by atoms with E-state index < -0.39 is 10.0 Å². The molecule has 1 saturated heterocycles. The summed E-state index contributed by atoms with van der Waals surface area (Å²) in [6.45, 7) is 1.98. The van der Waals surface area contributed by atoms with E-state index in [1.807, 2.05) is 0 Å². The van der Waals surface area contributed by atoms with Crippen LogP contribution in [0.25, 0.3) is 0 Å². The molecular weight excluding hydrogens is 328 g/mol. The van der Waals surface area contributed by atoms with E-state index in [2.05, 4.69) is 4.72 Å². The Morgan fingerprint density at radius 3 is 2.29 bits per heavy atom. The number of sulfonamides is 1. The third-order valence-electron chi connectivity index (χ3n) is 3.75. The Hall–Kier alpha value is -2.38. The molecule has 7 heteroatoms. The standard InChI is InChI=1S/C17H18N2O4S/c20-17(19-10-12-23-13-11-19)15-8-4-5-9-16(15)18-24(21,22)14-6-2-1-3-7-14/h1-9,18H,10-13H2. The molecule has 1 N–H and O–H groups in total. The van der Waals surface area contributed by atoms with Gasteiger partial charge in [-0.1, -0.05) is 30.3 Å². The number of anilines is 1. The van der Waals surface area contributed by atoms with Crippen LogP contribution in [0.15, 0.2) is 59.5 Å². The summed E-state index contributed by atoms with van der Waals surface area (Å²) < 4.78 is 32.8. The van der Waals surface area contributed by atoms with E-state index >= 15 is 0 Å². The summed E-state index contributed by atoms with van der Waals surface area (Å²) in [6.07, 6.45) is 0. The molecule has 1 aliphatic heterocycles. The lowest BCUT2D eigenvalue weighted by Crippen LogP contribution is -2.41. The monoisotopic (exact) mass is 346 g/mol. The van der Waals surface area contributed by atoms with Crippen LogP contribution >= 0.6 is 0 Å². The fraction of sp³-hybridized carbons (Fsp3) is 0.235. The molecule has 2 aromatic carbocycles. The smallest absolute Gasteiger partial charge is 0.261 e. The minimum atomic E-state index is -3.75. The molecule has 0 atom stereocenters. The van der Waals surface area contributed by atoms with Crippen molar-refractivity contribution < 1.29 is 17.9 Å². The van der Waals surface area contributed by atoms with Gasteiger partial charge < -0.3 is 9.64 Å². The zero-order chi connectivity index (χ0) is 17.0. The van der Waals surface area contributed by atoms with E-state index in [-0.39, 0.29) is 16.5 Å². The molecule has 1 fully saturated rings. The highest BCUT2D eigenvalue weighted by molar-refractivity contribution is 7.92. The lowest BCUT2D eigenvalue weighted by atomic mass is 10.1. The molecule has 1 amide bonds. The molecular formula is C17H18N2O4S. The largest absolute Gasteiger partial charge is 0.378 e. The zero-order valence-corrected chi connectivity index (χ0v) is 13.8. The van der Waals surface area contributed by atoms with E-state index in [4.69, 9.17) is 4.74 Å². The first-order valence-electron chi connectivity index (χ1n) is 7.62. The van der Waals surface area contributed by atoms with Crippen LogP contribution in [0.5, 0.6) is 0 Å². The molecule has 0 radical (unpaired) electrons. The van der Waals surface area contributed by atoms with Crippen molar-refractivity contribution in [2.75, 3.05) is 31.0 Å². The number of para-hydroxylation sites is 1. The molecule has 0 aliphatic carbocycles. The first kappa shape index (κ1) is 16.5. The normalized spacial score (nSPS) is 15.1. The second-order valence-electron chi connectivity index (χ2n) is 5.37. The average Bonchev–Trinajstić information content (AvgIpc) is 2.63. The van der Waals surface area contributed by atoms with E-state index in [1.165, 1.54) is 12.1 Å². The van der Waals surface area contributed by atoms with Gasteiger partial charge in [-0.15, -0.1) is 0 Å². The molecule has 0 spiro atoms. The fourth-order valence-corrected chi connectivity index (χ4v) is 3.60. The van der Waals surface area contributed by atoms with Gasteiger partial charge in [0.15, 0.2) is 0 Å². The molecule has 1 aliphatic rings. The average molecular weight is 346 g/mol. The number of amides is 1. The number of benzene rings is 2. The molecule has 2 aromatic rings. The SMILES string of the molecule is O=C(c1ccccc1NS(=O)(=O)c1ccccc1)N1CCOCC1. The number of morpholine rings is 1. The van der Waals surface area contributed by atoms with Crippen molar-refractivity contribution >= 4 is 21.6 Å². The van der Waals surface area contributed by atoms with Crippen LogP contribution in [0.1, 0.15) is 10.4 Å². The summed E-state index contributed by atoms with van der Waals surface area (Å²) in [5, 5.41) is 0. The van der Waals surface area contributed by atoms with Gasteiger partial charge in [0.25, 0.3) is 15.9 Å². The highest BCUT2D eigenvalue weighted by atomic mass is 32.2. The fourth-order valence-electron chi connectivity index (χ4n) is 2.50. The maximum absolute atomic E-state index is 12.7. The second-order valence-corrected chi connectivity index (χ2v) is 7.05. The Morgan fingerprint density at radius 1 is 0.958 bits per heavy atom. The van der Waals surface area contributed by atoms with Gasteiger partial charge in [-0.05, 0) is 24.3 Å². The van der Waals surface area contributed by atoms with Crippen LogP contribution in [0.2, 0.25) is 0 Å². The van der Waals surface area contributed by atoms with Crippen molar-refractivity contribution in [2.45, 2.75) is 4.90 Å². The van der Waals surface area contributed by atoms with Crippen molar-refractivity contribution in [3.05, 3.63) is 60.2 Å². The topological polar surface area (TPSA) is 75.7 Å². The van der Waals surface area contributed by atoms with E-state index in [0.29, 0.717) is 31.9 Å². The van der Waals surface area contributed by atoms with Crippen LogP contribution in [0.3, 0.4) is 0 Å². The maximum Gasteiger partial charge on any atom is 0.261 e. The third-order valence-corrected chi connectivity index (χ3v) is 5.14. The summed E-state index contributed by atoms with van der Waals surface area (Å²) in [4.78, 5) is 14.5. The summed E-state index contributed by atoms with van der Waals surface area (Å²) in [7, 11) is -3.75. The second kappa shape index (κ2) is 7.02. The lowest BCUT2D eigenvalue weighted by molar-refractivity contribution is 0.0303. The number of ether oxygens (including phenoxy) is 1. The molecule has 1 heterocycles. The van der Waals surface area contributed by atoms with Gasteiger partial charge in [0, 0.05) is 13.1 Å². The number of hydrogen-bond donors (Lipinski definition) is 1. The Bertz CT molecular complexity index is 815. The Labute approximate surface area is 141 Å². The first-order valence-corrected chi connectivity index (χ1v) is 9.10. The Kier molecular flexibility index (Phi) is 4.82. The summed E-state index contributed by atoms with van der Waals surface area (Å²) in [6, 6.07) is 14.7. The molecule has 24 heavy (non-hydrogen) atoms. The van der Waals surface area contributed by atoms with Crippen molar-refractivity contribution in [3.8, 4) is 0 Å². The van der Waals surface area contributed by atoms with Gasteiger partial charge in [0.1, 0.15) is 0 Å². The highest BCUT2D eigenvalue weighted by Gasteiger charge is 2.23. The predicted molar refractivity (Wildman–Crippen MR) is 90.4 cm³/mol. The van der Waals surface area contributed by atoms with Crippen LogP contribution in [0.4, 0.5) is 5.69 Å². The maximum atomic E-state index is 12.7. The molecule has 0 bridgehead atoms. The third kappa shape index (κ3) is 3.58. The van der Waals surface area contributed by atoms with Crippen LogP contribution < -0.4 is 4.72 Å². The molecule has 0 aromatic heterocycles. The van der Waals surface area contributed by atoms with Gasteiger partial charge >= 0.3 is 0 Å². The van der Waals surface area contributed by atoms with Gasteiger partial charge in [0.2, 0.25) is 0 Å². The number of nitrogens with one attached hydrogen (secondary N) is 1. The van der Waals surface area contributed by atoms with Crippen molar-refractivity contribution in [3.63, 3.8) is 0 Å². The number of carbonyl (C=O) groups is 1. The molecule has 6 nitrogen and oxygen atoms in total. The highest BCUT2D eigenvalue weighted by Crippen LogP contribution is 2.22. The quantitative estimate of drug-likeness (QED) is 0.918. The van der Waals surface area contributed by atoms with Gasteiger partial charge in [-0.2, -0.15) is 0 Å². The van der Waals surface area contributed by atoms with Gasteiger partial charge in [-0.3, -0.25) is 9.52 Å². The molecule has 3 rings (SSSR count). The molecule has 126 valence electrons. The number of hydrogen-bond acceptors (Lipinski definition) is 4. The van der Waals surface area contributed by atoms with Crippen LogP contribution in [-0.2, 0) is 14.8 Å². The van der Waals surface area contributed by atoms with Crippen molar-refractivity contribution in [1.82, 2.24) is 4.90 Å². The summed E-state index contributed by atoms with van der Waals surface area (Å²) in [5.41, 5.74) is 0.608. The van der Waals surface area contributed by atoms with Crippen molar-refractivity contribution in [1.29, 1.82) is 0 Å². The van der Waals surface area contributed by atoms with Crippen molar-refractivity contribution in [2.24, 2.45) is 0 Å². The minimum absolute atomic E-state index is 0.152. The summed E-state index contributed by atoms with van der Waals surface area (Å²) >= 11 is 0. The zero-order valence-electron chi connectivity index (χ0n) is 13.0. The number of carbonyl (C=O) groups excluding carboxylic acids is 1. The van der Waals surface area contributed by atoms with Gasteiger partial charge in [0.05, 0.1) is 29.4 Å². The Balaban J connectivity index is 1.88. The number of nitrogens with zero attached hydrogens (tertiary/aromatic N) is 1. The molecule has 0 unspecified atom stereocenters. The number of rotatable bonds is 4. The Morgan fingerprint density at radius 2 is 1.58 bits per heavy atom. The summed E-state index contributed by atoms with van der Waals surface area (Å²) in [5.74, 6) is -0.204. The van der Waals surface area contributed by atoms with Gasteiger partial charge in [-0.25, -0.2) is 8.42 Å². The lowest BCUT2D eigenvalue weighted by Gasteiger charge is -2.27. The first-order chi connectivity index (χ1) is 11.6.